The fourth-order valence-corrected chi connectivity index (χ4v) is 1.71. The summed E-state index contributed by atoms with van der Waals surface area (Å²) in [6.45, 7) is 7.84. The van der Waals surface area contributed by atoms with Gasteiger partial charge in [0.15, 0.2) is 0 Å². The van der Waals surface area contributed by atoms with Gasteiger partial charge in [0.2, 0.25) is 0 Å². The maximum absolute atomic E-state index is 9.50. The van der Waals surface area contributed by atoms with Crippen molar-refractivity contribution in [1.82, 2.24) is 4.90 Å². The normalized spacial score (nSPS) is 13.9. The second kappa shape index (κ2) is 6.96. The van der Waals surface area contributed by atoms with Gasteiger partial charge in [-0.05, 0) is 19.4 Å². The van der Waals surface area contributed by atoms with Gasteiger partial charge in [-0.1, -0.05) is 19.1 Å². The van der Waals surface area contributed by atoms with Crippen LogP contribution in [0.25, 0.3) is 0 Å². The van der Waals surface area contributed by atoms with Gasteiger partial charge >= 0.3 is 0 Å². The smallest absolute Gasteiger partial charge is 0.0746 e. The molecule has 0 saturated heterocycles. The Morgan fingerprint density at radius 2 is 2.14 bits per heavy atom. The molecule has 0 fully saturated rings. The molecule has 0 heterocycles. The second-order valence-electron chi connectivity index (χ2n) is 3.62. The number of aliphatic hydroxyl groups excluding tert-OH is 1. The molecule has 0 aliphatic rings. The van der Waals surface area contributed by atoms with Crippen molar-refractivity contribution >= 4 is 11.8 Å². The zero-order valence-electron chi connectivity index (χ0n) is 9.58. The Balaban J connectivity index is 4.28. The van der Waals surface area contributed by atoms with Crippen molar-refractivity contribution in [2.45, 2.75) is 26.4 Å². The highest BCUT2D eigenvalue weighted by atomic mass is 32.2. The zero-order chi connectivity index (χ0) is 11.1. The lowest BCUT2D eigenvalue weighted by Gasteiger charge is -2.18. The highest BCUT2D eigenvalue weighted by Gasteiger charge is 2.04. The molecule has 0 aliphatic carbocycles. The lowest BCUT2D eigenvalue weighted by atomic mass is 10.3. The number of nitrogens with zero attached hydrogens (tertiary/aromatic N) is 1. The summed E-state index contributed by atoms with van der Waals surface area (Å²) in [5.41, 5.74) is 1.15. The maximum Gasteiger partial charge on any atom is 0.0746 e. The van der Waals surface area contributed by atoms with Gasteiger partial charge in [0.05, 0.1) is 11.1 Å². The molecule has 14 heavy (non-hydrogen) atoms. The minimum Gasteiger partial charge on any atom is -0.389 e. The summed E-state index contributed by atoms with van der Waals surface area (Å²) in [5, 5.41) is 10.6. The van der Waals surface area contributed by atoms with E-state index in [0.717, 1.165) is 22.8 Å². The summed E-state index contributed by atoms with van der Waals surface area (Å²) in [4.78, 5) is 2.02. The monoisotopic (exact) mass is 215 g/mol. The molecule has 2 nitrogen and oxygen atoms in total. The van der Waals surface area contributed by atoms with E-state index >= 15 is 0 Å². The number of rotatable bonds is 6. The van der Waals surface area contributed by atoms with E-state index in [1.54, 1.807) is 11.8 Å². The van der Waals surface area contributed by atoms with Crippen molar-refractivity contribution in [2.24, 2.45) is 0 Å². The summed E-state index contributed by atoms with van der Waals surface area (Å²) in [7, 11) is 3.97. The van der Waals surface area contributed by atoms with Crippen molar-refractivity contribution in [3.05, 3.63) is 23.3 Å². The van der Waals surface area contributed by atoms with E-state index in [1.807, 2.05) is 38.9 Å². The molecule has 1 atom stereocenters. The van der Waals surface area contributed by atoms with Gasteiger partial charge in [-0.3, -0.25) is 0 Å². The first-order valence-corrected chi connectivity index (χ1v) is 5.80. The molecule has 0 spiro atoms. The first-order chi connectivity index (χ1) is 6.47. The van der Waals surface area contributed by atoms with Crippen LogP contribution < -0.4 is 0 Å². The van der Waals surface area contributed by atoms with E-state index in [0.29, 0.717) is 0 Å². The summed E-state index contributed by atoms with van der Waals surface area (Å²) in [5.74, 6) is 0.903. The van der Waals surface area contributed by atoms with Crippen LogP contribution in [0, 0.1) is 0 Å². The Kier molecular flexibility index (Phi) is 6.75. The molecule has 0 saturated carbocycles. The summed E-state index contributed by atoms with van der Waals surface area (Å²) < 4.78 is 0. The Hall–Kier alpha value is -0.410. The molecule has 0 amide bonds. The molecular formula is C11H21NOS. The first kappa shape index (κ1) is 13.6. The van der Waals surface area contributed by atoms with E-state index in [9.17, 15) is 5.11 Å². The Labute approximate surface area is 91.7 Å². The van der Waals surface area contributed by atoms with Gasteiger partial charge in [0.1, 0.15) is 0 Å². The molecule has 0 aromatic rings. The van der Waals surface area contributed by atoms with Gasteiger partial charge in [-0.25, -0.2) is 0 Å². The maximum atomic E-state index is 9.50. The largest absolute Gasteiger partial charge is 0.389 e. The second-order valence-corrected chi connectivity index (χ2v) is 4.62. The molecule has 3 heteroatoms. The summed E-state index contributed by atoms with van der Waals surface area (Å²) in [6.07, 6.45) is 2.31. The third kappa shape index (κ3) is 6.11. The number of hydrogen-bond acceptors (Lipinski definition) is 3. The predicted octanol–water partition coefficient (Wildman–Crippen LogP) is 2.47. The lowest BCUT2D eigenvalue weighted by Crippen LogP contribution is -2.12. The van der Waals surface area contributed by atoms with Gasteiger partial charge < -0.3 is 10.0 Å². The predicted molar refractivity (Wildman–Crippen MR) is 65.3 cm³/mol. The SMILES string of the molecule is C=C(C)CSC(=CC(O)CC)N(C)C. The van der Waals surface area contributed by atoms with Gasteiger partial charge in [0, 0.05) is 19.8 Å². The highest BCUT2D eigenvalue weighted by molar-refractivity contribution is 8.03. The fraction of sp³-hybridized carbons (Fsp3) is 0.636. The lowest BCUT2D eigenvalue weighted by molar-refractivity contribution is 0.217. The molecular weight excluding hydrogens is 194 g/mol. The molecule has 0 aromatic heterocycles. The molecule has 0 radical (unpaired) electrons. The summed E-state index contributed by atoms with van der Waals surface area (Å²) >= 11 is 1.71. The molecule has 0 aliphatic heterocycles. The fourth-order valence-electron chi connectivity index (χ4n) is 0.806. The van der Waals surface area contributed by atoms with Crippen LogP contribution in [0.4, 0.5) is 0 Å². The average Bonchev–Trinajstić information content (AvgIpc) is 2.10. The van der Waals surface area contributed by atoms with Crippen LogP contribution in [0.5, 0.6) is 0 Å². The molecule has 82 valence electrons. The number of thioether (sulfide) groups is 1. The van der Waals surface area contributed by atoms with Crippen molar-refractivity contribution < 1.29 is 5.11 Å². The minimum absolute atomic E-state index is 0.343. The molecule has 1 N–H and O–H groups in total. The van der Waals surface area contributed by atoms with Gasteiger partial charge in [0.25, 0.3) is 0 Å². The van der Waals surface area contributed by atoms with Gasteiger partial charge in [-0.2, -0.15) is 0 Å². The van der Waals surface area contributed by atoms with Gasteiger partial charge in [-0.15, -0.1) is 11.8 Å². The van der Waals surface area contributed by atoms with Crippen molar-refractivity contribution in [1.29, 1.82) is 0 Å². The van der Waals surface area contributed by atoms with Crippen molar-refractivity contribution in [2.75, 3.05) is 19.8 Å². The molecule has 0 aromatic carbocycles. The topological polar surface area (TPSA) is 23.5 Å². The Bertz CT molecular complexity index is 211. The van der Waals surface area contributed by atoms with E-state index in [-0.39, 0.29) is 6.10 Å². The zero-order valence-corrected chi connectivity index (χ0v) is 10.4. The molecule has 0 rings (SSSR count). The summed E-state index contributed by atoms with van der Waals surface area (Å²) in [6, 6.07) is 0. The van der Waals surface area contributed by atoms with E-state index < -0.39 is 0 Å². The third-order valence-corrected chi connectivity index (χ3v) is 3.09. The van der Waals surface area contributed by atoms with E-state index in [4.69, 9.17) is 0 Å². The van der Waals surface area contributed by atoms with Crippen LogP contribution in [0.3, 0.4) is 0 Å². The van der Waals surface area contributed by atoms with Crippen LogP contribution in [-0.4, -0.2) is 36.0 Å². The van der Waals surface area contributed by atoms with Crippen LogP contribution in [-0.2, 0) is 0 Å². The quantitative estimate of drug-likeness (QED) is 0.689. The number of aliphatic hydroxyl groups is 1. The third-order valence-electron chi connectivity index (χ3n) is 1.66. The highest BCUT2D eigenvalue weighted by Crippen LogP contribution is 2.20. The Morgan fingerprint density at radius 3 is 2.50 bits per heavy atom. The first-order valence-electron chi connectivity index (χ1n) is 4.81. The molecule has 1 unspecified atom stereocenters. The van der Waals surface area contributed by atoms with Crippen LogP contribution in [0.2, 0.25) is 0 Å². The van der Waals surface area contributed by atoms with Crippen LogP contribution in [0.15, 0.2) is 23.3 Å². The van der Waals surface area contributed by atoms with E-state index in [1.165, 1.54) is 0 Å². The van der Waals surface area contributed by atoms with E-state index in [2.05, 4.69) is 6.58 Å². The van der Waals surface area contributed by atoms with Crippen molar-refractivity contribution in [3.8, 4) is 0 Å². The van der Waals surface area contributed by atoms with Crippen LogP contribution in [0.1, 0.15) is 20.3 Å². The number of hydrogen-bond donors (Lipinski definition) is 1. The van der Waals surface area contributed by atoms with Crippen LogP contribution >= 0.6 is 11.8 Å². The average molecular weight is 215 g/mol. The molecule has 0 bridgehead atoms. The standard InChI is InChI=1S/C11H21NOS/c1-6-10(13)7-11(12(4)5)14-8-9(2)3/h7,10,13H,2,6,8H2,1,3-5H3. The Morgan fingerprint density at radius 1 is 1.57 bits per heavy atom. The van der Waals surface area contributed by atoms with Crippen molar-refractivity contribution in [3.63, 3.8) is 0 Å². The minimum atomic E-state index is -0.343.